The summed E-state index contributed by atoms with van der Waals surface area (Å²) in [5.41, 5.74) is 2.65. The third-order valence-electron chi connectivity index (χ3n) is 2.04. The molecule has 0 atom stereocenters. The van der Waals surface area contributed by atoms with Gasteiger partial charge in [0.15, 0.2) is 0 Å². The second-order valence-corrected chi connectivity index (χ2v) is 3.30. The lowest BCUT2D eigenvalue weighted by molar-refractivity contribution is 0.725. The second-order valence-electron chi connectivity index (χ2n) is 3.30. The van der Waals surface area contributed by atoms with Gasteiger partial charge in [-0.3, -0.25) is 0 Å². The fourth-order valence-corrected chi connectivity index (χ4v) is 1.36. The van der Waals surface area contributed by atoms with Crippen molar-refractivity contribution in [2.45, 2.75) is 13.5 Å². The van der Waals surface area contributed by atoms with Gasteiger partial charge in [0, 0.05) is 26.3 Å². The monoisotopic (exact) mass is 250 g/mol. The molecular formula is C11H20Cl2N2. The summed E-state index contributed by atoms with van der Waals surface area (Å²) in [6, 6.07) is 8.47. The normalized spacial score (nSPS) is 8.73. The number of benzene rings is 1. The number of nitrogens with one attached hydrogen (secondary N) is 1. The fourth-order valence-electron chi connectivity index (χ4n) is 1.36. The average molecular weight is 251 g/mol. The van der Waals surface area contributed by atoms with Crippen LogP contribution >= 0.6 is 24.8 Å². The Balaban J connectivity index is 0. The van der Waals surface area contributed by atoms with Crippen molar-refractivity contribution >= 4 is 30.5 Å². The first-order valence-electron chi connectivity index (χ1n) is 4.71. The molecule has 0 saturated heterocycles. The van der Waals surface area contributed by atoms with Crippen LogP contribution in [-0.2, 0) is 6.54 Å². The molecule has 0 aromatic heterocycles. The Kier molecular flexibility index (Phi) is 10.00. The van der Waals surface area contributed by atoms with Crippen LogP contribution in [-0.4, -0.2) is 20.6 Å². The van der Waals surface area contributed by atoms with Crippen molar-refractivity contribution in [3.63, 3.8) is 0 Å². The first-order chi connectivity index (χ1) is 6.25. The number of hydrogen-bond donors (Lipinski definition) is 1. The summed E-state index contributed by atoms with van der Waals surface area (Å²) in [5.74, 6) is 0. The predicted molar refractivity (Wildman–Crippen MR) is 72.6 cm³/mol. The van der Waals surface area contributed by atoms with Gasteiger partial charge in [0.2, 0.25) is 0 Å². The van der Waals surface area contributed by atoms with Crippen LogP contribution in [0, 0.1) is 0 Å². The van der Waals surface area contributed by atoms with Gasteiger partial charge in [0.25, 0.3) is 0 Å². The predicted octanol–water partition coefficient (Wildman–Crippen LogP) is 2.71. The lowest BCUT2D eigenvalue weighted by Crippen LogP contribution is -2.16. The van der Waals surface area contributed by atoms with E-state index in [9.17, 15) is 0 Å². The highest BCUT2D eigenvalue weighted by Crippen LogP contribution is 2.17. The third-order valence-corrected chi connectivity index (χ3v) is 2.04. The fraction of sp³-hybridized carbons (Fsp3) is 0.455. The lowest BCUT2D eigenvalue weighted by Gasteiger charge is -2.17. The molecule has 0 spiro atoms. The molecule has 0 aliphatic heterocycles. The molecule has 0 aliphatic carbocycles. The lowest BCUT2D eigenvalue weighted by atomic mass is 10.1. The molecule has 0 fully saturated rings. The van der Waals surface area contributed by atoms with Crippen molar-refractivity contribution in [3.05, 3.63) is 29.8 Å². The largest absolute Gasteiger partial charge is 0.377 e. The van der Waals surface area contributed by atoms with E-state index in [1.165, 1.54) is 11.3 Å². The second kappa shape index (κ2) is 8.84. The van der Waals surface area contributed by atoms with Crippen molar-refractivity contribution in [1.82, 2.24) is 5.32 Å². The van der Waals surface area contributed by atoms with Crippen LogP contribution in [0.25, 0.3) is 0 Å². The Bertz CT molecular complexity index is 265. The van der Waals surface area contributed by atoms with Gasteiger partial charge < -0.3 is 10.2 Å². The highest BCUT2D eigenvalue weighted by atomic mass is 35.5. The van der Waals surface area contributed by atoms with Crippen molar-refractivity contribution in [1.29, 1.82) is 0 Å². The molecule has 4 heteroatoms. The van der Waals surface area contributed by atoms with E-state index >= 15 is 0 Å². The maximum Gasteiger partial charge on any atom is 0.0406 e. The van der Waals surface area contributed by atoms with E-state index in [0.717, 1.165) is 13.1 Å². The van der Waals surface area contributed by atoms with Gasteiger partial charge in [-0.2, -0.15) is 0 Å². The molecule has 2 nitrogen and oxygen atoms in total. The number of hydrogen-bond acceptors (Lipinski definition) is 2. The zero-order chi connectivity index (χ0) is 9.68. The van der Waals surface area contributed by atoms with Crippen LogP contribution < -0.4 is 10.2 Å². The summed E-state index contributed by atoms with van der Waals surface area (Å²) < 4.78 is 0. The average Bonchev–Trinajstić information content (AvgIpc) is 2.15. The van der Waals surface area contributed by atoms with Crippen LogP contribution in [0.3, 0.4) is 0 Å². The molecule has 0 heterocycles. The van der Waals surface area contributed by atoms with Crippen LogP contribution in [0.1, 0.15) is 12.5 Å². The zero-order valence-corrected chi connectivity index (χ0v) is 11.1. The molecule has 0 unspecified atom stereocenters. The van der Waals surface area contributed by atoms with Crippen molar-refractivity contribution < 1.29 is 0 Å². The van der Waals surface area contributed by atoms with E-state index in [1.54, 1.807) is 0 Å². The molecule has 1 aromatic carbocycles. The summed E-state index contributed by atoms with van der Waals surface area (Å²) >= 11 is 0. The minimum atomic E-state index is 0. The standard InChI is InChI=1S/C11H18N2.2ClH/c1-4-12-9-10-7-5-6-8-11(10)13(2)3;;/h5-8,12H,4,9H2,1-3H3;2*1H. The van der Waals surface area contributed by atoms with Crippen molar-refractivity contribution in [3.8, 4) is 0 Å². The minimum absolute atomic E-state index is 0. The molecule has 0 saturated carbocycles. The van der Waals surface area contributed by atoms with Crippen LogP contribution in [0.5, 0.6) is 0 Å². The molecule has 0 amide bonds. The van der Waals surface area contributed by atoms with Crippen LogP contribution in [0.4, 0.5) is 5.69 Å². The minimum Gasteiger partial charge on any atom is -0.377 e. The number of para-hydroxylation sites is 1. The Hall–Kier alpha value is -0.440. The summed E-state index contributed by atoms with van der Waals surface area (Å²) in [5, 5.41) is 3.33. The first-order valence-corrected chi connectivity index (χ1v) is 4.71. The number of rotatable bonds is 4. The Labute approximate surface area is 105 Å². The molecular weight excluding hydrogens is 231 g/mol. The van der Waals surface area contributed by atoms with Crippen LogP contribution in [0.2, 0.25) is 0 Å². The molecule has 1 rings (SSSR count). The maximum atomic E-state index is 3.33. The topological polar surface area (TPSA) is 15.3 Å². The van der Waals surface area contributed by atoms with Gasteiger partial charge in [-0.25, -0.2) is 0 Å². The Morgan fingerprint density at radius 3 is 2.27 bits per heavy atom. The Morgan fingerprint density at radius 2 is 1.73 bits per heavy atom. The van der Waals surface area contributed by atoms with E-state index in [1.807, 2.05) is 0 Å². The summed E-state index contributed by atoms with van der Waals surface area (Å²) in [7, 11) is 4.15. The first kappa shape index (κ1) is 17.0. The Morgan fingerprint density at radius 1 is 1.13 bits per heavy atom. The van der Waals surface area contributed by atoms with Gasteiger partial charge in [-0.15, -0.1) is 24.8 Å². The van der Waals surface area contributed by atoms with Gasteiger partial charge >= 0.3 is 0 Å². The molecule has 1 N–H and O–H groups in total. The smallest absolute Gasteiger partial charge is 0.0406 e. The number of anilines is 1. The molecule has 1 aromatic rings. The van der Waals surface area contributed by atoms with Gasteiger partial charge in [-0.05, 0) is 18.2 Å². The van der Waals surface area contributed by atoms with E-state index in [2.05, 4.69) is 55.5 Å². The molecule has 88 valence electrons. The molecule has 0 radical (unpaired) electrons. The van der Waals surface area contributed by atoms with E-state index in [4.69, 9.17) is 0 Å². The SMILES string of the molecule is CCNCc1ccccc1N(C)C.Cl.Cl. The van der Waals surface area contributed by atoms with Crippen molar-refractivity contribution in [2.24, 2.45) is 0 Å². The molecule has 0 aliphatic rings. The zero-order valence-electron chi connectivity index (χ0n) is 9.49. The van der Waals surface area contributed by atoms with E-state index < -0.39 is 0 Å². The van der Waals surface area contributed by atoms with E-state index in [0.29, 0.717) is 0 Å². The highest BCUT2D eigenvalue weighted by Gasteiger charge is 2.01. The van der Waals surface area contributed by atoms with Crippen molar-refractivity contribution in [2.75, 3.05) is 25.5 Å². The summed E-state index contributed by atoms with van der Waals surface area (Å²) in [6.45, 7) is 4.09. The van der Waals surface area contributed by atoms with Gasteiger partial charge in [0.1, 0.15) is 0 Å². The van der Waals surface area contributed by atoms with Gasteiger partial charge in [0.05, 0.1) is 0 Å². The van der Waals surface area contributed by atoms with Crippen LogP contribution in [0.15, 0.2) is 24.3 Å². The van der Waals surface area contributed by atoms with Gasteiger partial charge in [-0.1, -0.05) is 25.1 Å². The quantitative estimate of drug-likeness (QED) is 0.885. The highest BCUT2D eigenvalue weighted by molar-refractivity contribution is 5.85. The van der Waals surface area contributed by atoms with E-state index in [-0.39, 0.29) is 24.8 Å². The number of nitrogens with zero attached hydrogens (tertiary/aromatic N) is 1. The summed E-state index contributed by atoms with van der Waals surface area (Å²) in [4.78, 5) is 2.15. The molecule has 0 bridgehead atoms. The third kappa shape index (κ3) is 5.26. The maximum absolute atomic E-state index is 3.33. The molecule has 15 heavy (non-hydrogen) atoms. The summed E-state index contributed by atoms with van der Waals surface area (Å²) in [6.07, 6.45) is 0. The number of halogens is 2.